The van der Waals surface area contributed by atoms with Crippen LogP contribution in [0.5, 0.6) is 0 Å². The highest BCUT2D eigenvalue weighted by Crippen LogP contribution is 2.17. The number of benzene rings is 1. The van der Waals surface area contributed by atoms with Crippen molar-refractivity contribution in [3.8, 4) is 12.1 Å². The van der Waals surface area contributed by atoms with Crippen molar-refractivity contribution in [1.82, 2.24) is 4.31 Å². The molecule has 17 heavy (non-hydrogen) atoms. The van der Waals surface area contributed by atoms with Gasteiger partial charge in [-0.15, -0.1) is 0 Å². The number of rotatable bonds is 3. The first-order valence-electron chi connectivity index (χ1n) is 4.81. The fourth-order valence-electron chi connectivity index (χ4n) is 1.18. The molecule has 0 heterocycles. The lowest BCUT2D eigenvalue weighted by Crippen LogP contribution is -2.34. The first-order valence-corrected chi connectivity index (χ1v) is 6.25. The van der Waals surface area contributed by atoms with Gasteiger partial charge in [0, 0.05) is 7.05 Å². The SMILES string of the molecule is CC(C#N)N(C)S(=O)(=O)c1cccc(C#N)c1. The molecule has 1 atom stereocenters. The summed E-state index contributed by atoms with van der Waals surface area (Å²) in [6.45, 7) is 1.49. The number of hydrogen-bond donors (Lipinski definition) is 0. The third-order valence-electron chi connectivity index (χ3n) is 2.37. The molecule has 1 unspecified atom stereocenters. The second kappa shape index (κ2) is 4.96. The van der Waals surface area contributed by atoms with Gasteiger partial charge in [-0.2, -0.15) is 14.8 Å². The molecule has 0 aromatic heterocycles. The maximum absolute atomic E-state index is 12.1. The average molecular weight is 249 g/mol. The van der Waals surface area contributed by atoms with Gasteiger partial charge in [0.25, 0.3) is 0 Å². The fourth-order valence-corrected chi connectivity index (χ4v) is 2.50. The number of nitrogens with zero attached hydrogens (tertiary/aromatic N) is 3. The smallest absolute Gasteiger partial charge is 0.207 e. The molecule has 88 valence electrons. The van der Waals surface area contributed by atoms with Crippen molar-refractivity contribution in [2.75, 3.05) is 7.05 Å². The van der Waals surface area contributed by atoms with Gasteiger partial charge in [0.05, 0.1) is 22.6 Å². The molecule has 0 fully saturated rings. The minimum atomic E-state index is -3.72. The topological polar surface area (TPSA) is 85.0 Å². The Balaban J connectivity index is 3.24. The van der Waals surface area contributed by atoms with Crippen molar-refractivity contribution >= 4 is 10.0 Å². The van der Waals surface area contributed by atoms with Crippen LogP contribution < -0.4 is 0 Å². The summed E-state index contributed by atoms with van der Waals surface area (Å²) in [6.07, 6.45) is 0. The van der Waals surface area contributed by atoms with Crippen LogP contribution in [-0.4, -0.2) is 25.8 Å². The molecule has 1 rings (SSSR count). The highest BCUT2D eigenvalue weighted by molar-refractivity contribution is 7.89. The van der Waals surface area contributed by atoms with Gasteiger partial charge >= 0.3 is 0 Å². The minimum absolute atomic E-state index is 0.0150. The first-order chi connectivity index (χ1) is 7.93. The van der Waals surface area contributed by atoms with E-state index in [1.807, 2.05) is 12.1 Å². The summed E-state index contributed by atoms with van der Waals surface area (Å²) in [4.78, 5) is 0.0150. The van der Waals surface area contributed by atoms with E-state index in [9.17, 15) is 8.42 Å². The van der Waals surface area contributed by atoms with Crippen LogP contribution in [-0.2, 0) is 10.0 Å². The number of hydrogen-bond acceptors (Lipinski definition) is 4. The van der Waals surface area contributed by atoms with Crippen molar-refractivity contribution in [2.45, 2.75) is 17.9 Å². The van der Waals surface area contributed by atoms with Crippen molar-refractivity contribution in [3.05, 3.63) is 29.8 Å². The molecule has 0 aliphatic heterocycles. The second-order valence-electron chi connectivity index (χ2n) is 3.47. The Kier molecular flexibility index (Phi) is 3.84. The predicted octanol–water partition coefficient (Wildman–Crippen LogP) is 1.09. The largest absolute Gasteiger partial charge is 0.244 e. The summed E-state index contributed by atoms with van der Waals surface area (Å²) in [7, 11) is -2.39. The van der Waals surface area contributed by atoms with Crippen LogP contribution in [0.3, 0.4) is 0 Å². The van der Waals surface area contributed by atoms with E-state index in [2.05, 4.69) is 0 Å². The van der Waals surface area contributed by atoms with Crippen molar-refractivity contribution < 1.29 is 8.42 Å². The van der Waals surface area contributed by atoms with E-state index in [1.54, 1.807) is 0 Å². The van der Waals surface area contributed by atoms with Crippen LogP contribution in [0.2, 0.25) is 0 Å². The monoisotopic (exact) mass is 249 g/mol. The van der Waals surface area contributed by atoms with Gasteiger partial charge in [-0.25, -0.2) is 8.42 Å². The van der Waals surface area contributed by atoms with Crippen LogP contribution in [0.15, 0.2) is 29.2 Å². The van der Waals surface area contributed by atoms with E-state index in [1.165, 1.54) is 38.2 Å². The van der Waals surface area contributed by atoms with Gasteiger partial charge < -0.3 is 0 Å². The van der Waals surface area contributed by atoms with E-state index < -0.39 is 16.1 Å². The molecule has 0 amide bonds. The van der Waals surface area contributed by atoms with Gasteiger partial charge in [0.1, 0.15) is 6.04 Å². The van der Waals surface area contributed by atoms with Crippen LogP contribution in [0.25, 0.3) is 0 Å². The molecule has 0 spiro atoms. The third-order valence-corrected chi connectivity index (χ3v) is 4.30. The molecule has 0 aliphatic rings. The summed E-state index contributed by atoms with van der Waals surface area (Å²) in [5.41, 5.74) is 0.268. The summed E-state index contributed by atoms with van der Waals surface area (Å²) in [6, 6.07) is 8.67. The zero-order chi connectivity index (χ0) is 13.1. The summed E-state index contributed by atoms with van der Waals surface area (Å²) in [5.74, 6) is 0. The van der Waals surface area contributed by atoms with Crippen molar-refractivity contribution in [3.63, 3.8) is 0 Å². The zero-order valence-electron chi connectivity index (χ0n) is 9.45. The maximum Gasteiger partial charge on any atom is 0.244 e. The lowest BCUT2D eigenvalue weighted by Gasteiger charge is -2.18. The number of sulfonamides is 1. The molecule has 0 bridgehead atoms. The fraction of sp³-hybridized carbons (Fsp3) is 0.273. The lowest BCUT2D eigenvalue weighted by molar-refractivity contribution is 0.442. The van der Waals surface area contributed by atoms with Crippen LogP contribution in [0, 0.1) is 22.7 Å². The second-order valence-corrected chi connectivity index (χ2v) is 5.46. The Hall–Kier alpha value is -1.89. The van der Waals surface area contributed by atoms with Gasteiger partial charge in [-0.3, -0.25) is 0 Å². The average Bonchev–Trinajstić information content (AvgIpc) is 2.36. The molecule has 0 N–H and O–H groups in total. The van der Waals surface area contributed by atoms with E-state index in [-0.39, 0.29) is 10.5 Å². The van der Waals surface area contributed by atoms with E-state index >= 15 is 0 Å². The summed E-state index contributed by atoms with van der Waals surface area (Å²) in [5, 5.41) is 17.4. The Morgan fingerprint density at radius 1 is 1.35 bits per heavy atom. The van der Waals surface area contributed by atoms with E-state index in [4.69, 9.17) is 10.5 Å². The summed E-state index contributed by atoms with van der Waals surface area (Å²) >= 11 is 0. The molecule has 5 nitrogen and oxygen atoms in total. The Labute approximate surface area is 101 Å². The van der Waals surface area contributed by atoms with Crippen LogP contribution >= 0.6 is 0 Å². The molecular weight excluding hydrogens is 238 g/mol. The first kappa shape index (κ1) is 13.2. The van der Waals surface area contributed by atoms with Gasteiger partial charge in [-0.1, -0.05) is 6.07 Å². The van der Waals surface area contributed by atoms with E-state index in [0.29, 0.717) is 0 Å². The lowest BCUT2D eigenvalue weighted by atomic mass is 10.2. The summed E-state index contributed by atoms with van der Waals surface area (Å²) < 4.78 is 25.1. The highest BCUT2D eigenvalue weighted by atomic mass is 32.2. The molecule has 0 aliphatic carbocycles. The van der Waals surface area contributed by atoms with Gasteiger partial charge in [0.15, 0.2) is 0 Å². The number of nitriles is 2. The van der Waals surface area contributed by atoms with Crippen molar-refractivity contribution in [2.24, 2.45) is 0 Å². The zero-order valence-corrected chi connectivity index (χ0v) is 10.3. The van der Waals surface area contributed by atoms with Gasteiger partial charge in [0.2, 0.25) is 10.0 Å². The molecule has 0 saturated heterocycles. The van der Waals surface area contributed by atoms with Gasteiger partial charge in [-0.05, 0) is 25.1 Å². The van der Waals surface area contributed by atoms with Crippen molar-refractivity contribution in [1.29, 1.82) is 10.5 Å². The van der Waals surface area contributed by atoms with Crippen LogP contribution in [0.1, 0.15) is 12.5 Å². The maximum atomic E-state index is 12.1. The molecular formula is C11H11N3O2S. The van der Waals surface area contributed by atoms with Crippen LogP contribution in [0.4, 0.5) is 0 Å². The molecule has 0 saturated carbocycles. The quantitative estimate of drug-likeness (QED) is 0.802. The molecule has 0 radical (unpaired) electrons. The Morgan fingerprint density at radius 3 is 2.53 bits per heavy atom. The third kappa shape index (κ3) is 2.62. The highest BCUT2D eigenvalue weighted by Gasteiger charge is 2.25. The predicted molar refractivity (Wildman–Crippen MR) is 61.2 cm³/mol. The standard InChI is InChI=1S/C11H11N3O2S/c1-9(7-12)14(2)17(15,16)11-5-3-4-10(6-11)8-13/h3-6,9H,1-2H3. The Morgan fingerprint density at radius 2 is 2.00 bits per heavy atom. The normalized spacial score (nSPS) is 12.8. The Bertz CT molecular complexity index is 596. The van der Waals surface area contributed by atoms with E-state index in [0.717, 1.165) is 4.31 Å². The molecule has 6 heteroatoms. The molecule has 1 aromatic rings. The minimum Gasteiger partial charge on any atom is -0.207 e. The molecule has 1 aromatic carbocycles.